The van der Waals surface area contributed by atoms with Crippen molar-refractivity contribution in [3.63, 3.8) is 0 Å². The van der Waals surface area contributed by atoms with E-state index in [4.69, 9.17) is 9.72 Å². The molecule has 6 aliphatic carbocycles. The molecule has 5 nitrogen and oxygen atoms in total. The summed E-state index contributed by atoms with van der Waals surface area (Å²) < 4.78 is 9.13. The molecular weight excluding hydrogens is 1230 g/mol. The molecule has 414 valence electrons. The summed E-state index contributed by atoms with van der Waals surface area (Å²) in [5.41, 5.74) is 24.4. The molecule has 0 spiro atoms. The van der Waals surface area contributed by atoms with Crippen molar-refractivity contribution in [2.45, 2.75) is 48.9 Å². The molecule has 20 rings (SSSR count). The Morgan fingerprint density at radius 1 is 0.430 bits per heavy atom. The molecule has 0 atom stereocenters. The van der Waals surface area contributed by atoms with Crippen molar-refractivity contribution in [2.24, 2.45) is 0 Å². The van der Waals surface area contributed by atoms with E-state index < -0.39 is 10.8 Å². The van der Waals surface area contributed by atoms with E-state index in [1.807, 2.05) is 18.3 Å². The summed E-state index contributed by atoms with van der Waals surface area (Å²) in [6, 6.07) is 103. The molecule has 0 N–H and O–H groups in total. The molecule has 3 heterocycles. The maximum absolute atomic E-state index is 6.91. The molecule has 86 heavy (non-hydrogen) atoms. The molecule has 0 saturated carbocycles. The quantitative estimate of drug-likeness (QED) is 0.149. The molecule has 1 aliphatic heterocycles. The zero-order valence-corrected chi connectivity index (χ0v) is 49.8. The molecule has 0 saturated heterocycles. The van der Waals surface area contributed by atoms with Crippen LogP contribution in [0.1, 0.15) is 116 Å². The third kappa shape index (κ3) is 6.78. The third-order valence-electron chi connectivity index (χ3n) is 19.4. The number of ether oxygens (including phenoxy) is 1. The first-order valence-electron chi connectivity index (χ1n) is 29.7. The second-order valence-corrected chi connectivity index (χ2v) is 24.5. The van der Waals surface area contributed by atoms with Gasteiger partial charge in [0.05, 0.1) is 10.8 Å². The molecule has 0 unspecified atom stereocenters. The van der Waals surface area contributed by atoms with E-state index in [-0.39, 0.29) is 38.3 Å². The van der Waals surface area contributed by atoms with Crippen LogP contribution in [0.4, 0.5) is 22.7 Å². The summed E-state index contributed by atoms with van der Waals surface area (Å²) in [7, 11) is 0. The number of aromatic nitrogens is 2. The Hall–Kier alpha value is -9.54. The van der Waals surface area contributed by atoms with Crippen molar-refractivity contribution >= 4 is 44.6 Å². The number of hydrogen-bond acceptors (Lipinski definition) is 4. The van der Waals surface area contributed by atoms with Gasteiger partial charge in [0.2, 0.25) is 0 Å². The predicted octanol–water partition coefficient (Wildman–Crippen LogP) is 18.7. The number of nitrogens with zero attached hydrogens (tertiary/aromatic N) is 4. The number of anilines is 4. The molecule has 2 aromatic heterocycles. The van der Waals surface area contributed by atoms with Crippen molar-refractivity contribution in [1.82, 2.24) is 9.55 Å². The second-order valence-electron chi connectivity index (χ2n) is 24.5. The van der Waals surface area contributed by atoms with Crippen LogP contribution in [0.5, 0.6) is 11.5 Å². The van der Waals surface area contributed by atoms with Crippen LogP contribution in [0.15, 0.2) is 261 Å². The SMILES string of the molecule is CC(C)(C)c1ccnc(-n2c3[c-]c(Oc4[c-]c(N5[CH-]N(c6c(C78c9ccccc9C(c9ccccc97)c7ccccc78)cccc6C67c8ccccc8C(c8ccccc86)c6ccccc67)c6ccccc65)ccc4)ccc3c3ccccc32)c1.[Pt]. The Morgan fingerprint density at radius 2 is 0.872 bits per heavy atom. The molecule has 0 amide bonds. The molecule has 13 aromatic rings. The van der Waals surface area contributed by atoms with Crippen LogP contribution in [0, 0.1) is 18.8 Å². The minimum atomic E-state index is -0.713. The van der Waals surface area contributed by atoms with Crippen LogP contribution in [0.2, 0.25) is 0 Å². The van der Waals surface area contributed by atoms with Crippen molar-refractivity contribution in [1.29, 1.82) is 0 Å². The van der Waals surface area contributed by atoms with E-state index >= 15 is 0 Å². The second kappa shape index (κ2) is 18.7. The van der Waals surface area contributed by atoms with Crippen LogP contribution >= 0.6 is 0 Å². The average Bonchev–Trinajstić information content (AvgIpc) is 0.720. The van der Waals surface area contributed by atoms with Gasteiger partial charge in [-0.05, 0) is 125 Å². The van der Waals surface area contributed by atoms with E-state index in [1.54, 1.807) is 0 Å². The van der Waals surface area contributed by atoms with Gasteiger partial charge < -0.3 is 19.1 Å². The number of benzene rings is 11. The third-order valence-corrected chi connectivity index (χ3v) is 19.4. The molecule has 11 aromatic carbocycles. The van der Waals surface area contributed by atoms with Crippen LogP contribution in [-0.4, -0.2) is 9.55 Å². The largest absolute Gasteiger partial charge is 0.509 e. The van der Waals surface area contributed by atoms with E-state index in [1.165, 1.54) is 83.5 Å². The van der Waals surface area contributed by atoms with Gasteiger partial charge in [-0.25, -0.2) is 4.98 Å². The topological polar surface area (TPSA) is 33.5 Å². The number of fused-ring (bicyclic) bond motifs is 4. The zero-order chi connectivity index (χ0) is 56.3. The van der Waals surface area contributed by atoms with E-state index in [9.17, 15) is 0 Å². The van der Waals surface area contributed by atoms with Crippen molar-refractivity contribution in [3.05, 3.63) is 363 Å². The number of hydrogen-bond donors (Lipinski definition) is 0. The Morgan fingerprint density at radius 3 is 1.40 bits per heavy atom. The van der Waals surface area contributed by atoms with Gasteiger partial charge in [0, 0.05) is 73.2 Å². The van der Waals surface area contributed by atoms with Gasteiger partial charge >= 0.3 is 0 Å². The number of pyridine rings is 1. The Balaban J connectivity index is 0.00000578. The van der Waals surface area contributed by atoms with Crippen LogP contribution in [-0.2, 0) is 37.3 Å². The Kier molecular flexibility index (Phi) is 11.1. The fraction of sp³-hybridized carbons (Fsp3) is 0.100. The van der Waals surface area contributed by atoms with Crippen LogP contribution in [0.3, 0.4) is 0 Å². The van der Waals surface area contributed by atoms with Crippen LogP contribution < -0.4 is 14.5 Å². The first-order chi connectivity index (χ1) is 41.8. The molecule has 0 fully saturated rings. The summed E-state index contributed by atoms with van der Waals surface area (Å²) in [6.45, 7) is 9.04. The van der Waals surface area contributed by atoms with Gasteiger partial charge in [0.1, 0.15) is 5.82 Å². The minimum absolute atomic E-state index is 0. The monoisotopic (exact) mass is 1280 g/mol. The average molecular weight is 1280 g/mol. The minimum Gasteiger partial charge on any atom is -0.509 e. The standard InChI is InChI=1S/C80H55N4O.Pt/c1-78(2,3)50-44-45-81-74(46-50)84-70-39-17-10-24-54(70)55-43-42-53(48-73(55)84)85-52-23-20-22-51(47-52)82-49-83(72-41-19-18-40-71(72)82)77-68(79-62-31-11-4-25-56(62)75(57-26-5-12-32-63(57)79)58-27-6-13-33-64(58)79)37-21-38-69(77)80-65-34-14-7-28-59(65)76(60-29-8-15-35-66(60)80)61-30-9-16-36-67(61)80;/h4-46,49,75-76H,1-3H3;/q-3;. The van der Waals surface area contributed by atoms with Gasteiger partial charge in [-0.1, -0.05) is 220 Å². The molecule has 4 bridgehead atoms. The summed E-state index contributed by atoms with van der Waals surface area (Å²) in [6.07, 6.45) is 1.92. The van der Waals surface area contributed by atoms with Crippen molar-refractivity contribution in [2.75, 3.05) is 9.80 Å². The Bertz CT molecular complexity index is 4570. The summed E-state index contributed by atoms with van der Waals surface area (Å²) in [4.78, 5) is 9.77. The summed E-state index contributed by atoms with van der Waals surface area (Å²) in [5.74, 6) is 2.25. The van der Waals surface area contributed by atoms with Gasteiger partial charge in [-0.3, -0.25) is 0 Å². The van der Waals surface area contributed by atoms with Gasteiger partial charge in [0.15, 0.2) is 0 Å². The molecular formula is C80H55N4OPt-3. The molecule has 6 heteroatoms. The fourth-order valence-electron chi connectivity index (χ4n) is 16.1. The zero-order valence-electron chi connectivity index (χ0n) is 47.6. The Labute approximate surface area is 515 Å². The maximum atomic E-state index is 6.91. The maximum Gasteiger partial charge on any atom is 0.135 e. The number of para-hydroxylation sites is 4. The smallest absolute Gasteiger partial charge is 0.135 e. The first-order valence-corrected chi connectivity index (χ1v) is 29.7. The van der Waals surface area contributed by atoms with Crippen molar-refractivity contribution in [3.8, 4) is 17.3 Å². The fourth-order valence-corrected chi connectivity index (χ4v) is 16.1. The molecule has 7 aliphatic rings. The normalized spacial score (nSPS) is 18.8. The van der Waals surface area contributed by atoms with Crippen LogP contribution in [0.25, 0.3) is 27.6 Å². The molecule has 0 radical (unpaired) electrons. The van der Waals surface area contributed by atoms with E-state index in [2.05, 4.69) is 297 Å². The summed E-state index contributed by atoms with van der Waals surface area (Å²) >= 11 is 0. The summed E-state index contributed by atoms with van der Waals surface area (Å²) in [5, 5.41) is 2.22. The first kappa shape index (κ1) is 50.9. The van der Waals surface area contributed by atoms with Crippen molar-refractivity contribution < 1.29 is 25.8 Å². The van der Waals surface area contributed by atoms with E-state index in [0.29, 0.717) is 11.5 Å². The predicted molar refractivity (Wildman–Crippen MR) is 341 cm³/mol. The van der Waals surface area contributed by atoms with Gasteiger partial charge in [0.25, 0.3) is 0 Å². The van der Waals surface area contributed by atoms with Gasteiger partial charge in [-0.2, -0.15) is 12.1 Å². The van der Waals surface area contributed by atoms with E-state index in [0.717, 1.165) is 50.4 Å². The number of rotatable bonds is 7. The van der Waals surface area contributed by atoms with Gasteiger partial charge in [-0.15, -0.1) is 48.1 Å².